The zero-order valence-electron chi connectivity index (χ0n) is 10.8. The minimum atomic E-state index is 0.173. The molecule has 0 saturated carbocycles. The third-order valence-corrected chi connectivity index (χ3v) is 3.66. The van der Waals surface area contributed by atoms with E-state index in [1.54, 1.807) is 0 Å². The molecule has 1 N–H and O–H groups in total. The summed E-state index contributed by atoms with van der Waals surface area (Å²) in [6, 6.07) is 0. The number of carbonyl (C=O) groups excluding carboxylic acids is 1. The molecular weight excluding hydrogens is 216 g/mol. The van der Waals surface area contributed by atoms with Crippen LogP contribution in [0.4, 0.5) is 0 Å². The zero-order valence-corrected chi connectivity index (χ0v) is 10.8. The van der Waals surface area contributed by atoms with E-state index in [0.29, 0.717) is 5.92 Å². The number of likely N-dealkylation sites (N-methyl/N-ethyl adjacent to an activating group) is 1. The Bertz CT molecular complexity index is 313. The molecule has 4 heteroatoms. The Morgan fingerprint density at radius 3 is 2.82 bits per heavy atom. The summed E-state index contributed by atoms with van der Waals surface area (Å²) in [6.07, 6.45) is 2.30. The molecule has 0 radical (unpaired) electrons. The fourth-order valence-electron chi connectivity index (χ4n) is 2.37. The lowest BCUT2D eigenvalue weighted by Gasteiger charge is -2.29. The Kier molecular flexibility index (Phi) is 4.18. The first-order valence-corrected chi connectivity index (χ1v) is 6.41. The first-order chi connectivity index (χ1) is 8.18. The summed E-state index contributed by atoms with van der Waals surface area (Å²) >= 11 is 0. The van der Waals surface area contributed by atoms with Gasteiger partial charge in [-0.2, -0.15) is 0 Å². The molecule has 0 aromatic heterocycles. The van der Waals surface area contributed by atoms with Crippen LogP contribution >= 0.6 is 0 Å². The lowest BCUT2D eigenvalue weighted by Crippen LogP contribution is -2.40. The van der Waals surface area contributed by atoms with Gasteiger partial charge in [-0.25, -0.2) is 0 Å². The van der Waals surface area contributed by atoms with Gasteiger partial charge in [-0.1, -0.05) is 0 Å². The van der Waals surface area contributed by atoms with Gasteiger partial charge in [0.05, 0.1) is 6.61 Å². The lowest BCUT2D eigenvalue weighted by atomic mass is 10.0. The Balaban J connectivity index is 1.86. The third-order valence-electron chi connectivity index (χ3n) is 3.66. The van der Waals surface area contributed by atoms with Crippen LogP contribution in [0, 0.1) is 5.92 Å². The van der Waals surface area contributed by atoms with E-state index in [0.717, 1.165) is 44.8 Å². The van der Waals surface area contributed by atoms with E-state index >= 15 is 0 Å². The number of hydrogen-bond acceptors (Lipinski definition) is 3. The van der Waals surface area contributed by atoms with Crippen LogP contribution < -0.4 is 5.32 Å². The van der Waals surface area contributed by atoms with Crippen LogP contribution in [-0.2, 0) is 9.53 Å². The maximum absolute atomic E-state index is 12.2. The predicted octanol–water partition coefficient (Wildman–Crippen LogP) is 0.791. The van der Waals surface area contributed by atoms with E-state index in [2.05, 4.69) is 5.32 Å². The maximum atomic E-state index is 12.2. The van der Waals surface area contributed by atoms with Crippen molar-refractivity contribution < 1.29 is 9.53 Å². The quantitative estimate of drug-likeness (QED) is 0.739. The molecule has 2 fully saturated rings. The van der Waals surface area contributed by atoms with Gasteiger partial charge in [-0.3, -0.25) is 4.79 Å². The Morgan fingerprint density at radius 2 is 2.29 bits per heavy atom. The van der Waals surface area contributed by atoms with Crippen molar-refractivity contribution in [2.24, 2.45) is 5.92 Å². The second kappa shape index (κ2) is 5.65. The standard InChI is InChI=1S/C13H22N2O2/c1-10(12-6-14-7-12)13(16)15(2)8-11-4-3-5-17-9-11/h11,14H,3-9H2,1-2H3. The summed E-state index contributed by atoms with van der Waals surface area (Å²) in [5.41, 5.74) is 2.17. The molecule has 1 amide bonds. The van der Waals surface area contributed by atoms with Crippen molar-refractivity contribution in [3.63, 3.8) is 0 Å². The number of nitrogens with one attached hydrogen (secondary N) is 1. The molecule has 0 bridgehead atoms. The molecule has 0 aliphatic carbocycles. The van der Waals surface area contributed by atoms with Crippen LogP contribution in [0.3, 0.4) is 0 Å². The SMILES string of the molecule is CC(C(=O)N(C)CC1CCCOC1)=C1CNC1. The van der Waals surface area contributed by atoms with Gasteiger partial charge >= 0.3 is 0 Å². The van der Waals surface area contributed by atoms with Crippen molar-refractivity contribution in [3.8, 4) is 0 Å². The first-order valence-electron chi connectivity index (χ1n) is 6.41. The summed E-state index contributed by atoms with van der Waals surface area (Å²) in [6.45, 7) is 6.18. The van der Waals surface area contributed by atoms with E-state index in [9.17, 15) is 4.79 Å². The second-order valence-corrected chi connectivity index (χ2v) is 5.10. The van der Waals surface area contributed by atoms with E-state index < -0.39 is 0 Å². The second-order valence-electron chi connectivity index (χ2n) is 5.10. The third kappa shape index (κ3) is 3.07. The van der Waals surface area contributed by atoms with Gasteiger partial charge in [0.25, 0.3) is 0 Å². The summed E-state index contributed by atoms with van der Waals surface area (Å²) in [5.74, 6) is 0.682. The lowest BCUT2D eigenvalue weighted by molar-refractivity contribution is -0.127. The monoisotopic (exact) mass is 238 g/mol. The van der Waals surface area contributed by atoms with Crippen LogP contribution in [0.25, 0.3) is 0 Å². The molecule has 1 unspecified atom stereocenters. The number of nitrogens with zero attached hydrogens (tertiary/aromatic N) is 1. The van der Waals surface area contributed by atoms with Gasteiger partial charge in [0.2, 0.25) is 5.91 Å². The van der Waals surface area contributed by atoms with Gasteiger partial charge in [-0.05, 0) is 31.3 Å². The Hall–Kier alpha value is -0.870. The zero-order chi connectivity index (χ0) is 12.3. The molecule has 2 aliphatic rings. The molecule has 17 heavy (non-hydrogen) atoms. The minimum absolute atomic E-state index is 0.173. The number of amides is 1. The van der Waals surface area contributed by atoms with Crippen LogP contribution in [0.2, 0.25) is 0 Å². The summed E-state index contributed by atoms with van der Waals surface area (Å²) < 4.78 is 5.44. The fraction of sp³-hybridized carbons (Fsp3) is 0.769. The number of ether oxygens (including phenoxy) is 1. The molecule has 4 nitrogen and oxygen atoms in total. The molecule has 0 aromatic carbocycles. The van der Waals surface area contributed by atoms with Crippen molar-refractivity contribution in [1.82, 2.24) is 10.2 Å². The van der Waals surface area contributed by atoms with Gasteiger partial charge in [0.15, 0.2) is 0 Å². The molecule has 2 rings (SSSR count). The molecular formula is C13H22N2O2. The van der Waals surface area contributed by atoms with E-state index in [4.69, 9.17) is 4.74 Å². The number of rotatable bonds is 3. The predicted molar refractivity (Wildman–Crippen MR) is 66.7 cm³/mol. The molecule has 0 spiro atoms. The molecule has 0 aromatic rings. The fourth-order valence-corrected chi connectivity index (χ4v) is 2.37. The van der Waals surface area contributed by atoms with Crippen molar-refractivity contribution in [1.29, 1.82) is 0 Å². The van der Waals surface area contributed by atoms with E-state index in [-0.39, 0.29) is 5.91 Å². The van der Waals surface area contributed by atoms with Crippen LogP contribution in [0.1, 0.15) is 19.8 Å². The average molecular weight is 238 g/mol. The van der Waals surface area contributed by atoms with Crippen LogP contribution in [-0.4, -0.2) is 50.7 Å². The highest BCUT2D eigenvalue weighted by Crippen LogP contribution is 2.16. The highest BCUT2D eigenvalue weighted by atomic mass is 16.5. The highest BCUT2D eigenvalue weighted by molar-refractivity contribution is 5.93. The number of hydrogen-bond donors (Lipinski definition) is 1. The molecule has 2 heterocycles. The molecule has 1 atom stereocenters. The maximum Gasteiger partial charge on any atom is 0.249 e. The van der Waals surface area contributed by atoms with Gasteiger partial charge in [0, 0.05) is 38.9 Å². The van der Waals surface area contributed by atoms with Gasteiger partial charge in [-0.15, -0.1) is 0 Å². The van der Waals surface area contributed by atoms with Crippen LogP contribution in [0.15, 0.2) is 11.1 Å². The average Bonchev–Trinajstić information content (AvgIpc) is 2.27. The van der Waals surface area contributed by atoms with Crippen LogP contribution in [0.5, 0.6) is 0 Å². The Labute approximate surface area is 103 Å². The highest BCUT2D eigenvalue weighted by Gasteiger charge is 2.22. The summed E-state index contributed by atoms with van der Waals surface area (Å²) in [5, 5.41) is 3.17. The Morgan fingerprint density at radius 1 is 1.53 bits per heavy atom. The molecule has 96 valence electrons. The first kappa shape index (κ1) is 12.6. The topological polar surface area (TPSA) is 41.6 Å². The van der Waals surface area contributed by atoms with Crippen molar-refractivity contribution in [2.75, 3.05) is 39.9 Å². The van der Waals surface area contributed by atoms with Gasteiger partial charge in [0.1, 0.15) is 0 Å². The molecule has 2 aliphatic heterocycles. The minimum Gasteiger partial charge on any atom is -0.381 e. The smallest absolute Gasteiger partial charge is 0.249 e. The van der Waals surface area contributed by atoms with Crippen molar-refractivity contribution in [2.45, 2.75) is 19.8 Å². The summed E-state index contributed by atoms with van der Waals surface area (Å²) in [7, 11) is 1.90. The normalized spacial score (nSPS) is 24.1. The van der Waals surface area contributed by atoms with Crippen molar-refractivity contribution >= 4 is 5.91 Å². The van der Waals surface area contributed by atoms with Gasteiger partial charge < -0.3 is 15.0 Å². The molecule has 2 saturated heterocycles. The van der Waals surface area contributed by atoms with Crippen molar-refractivity contribution in [3.05, 3.63) is 11.1 Å². The van der Waals surface area contributed by atoms with E-state index in [1.165, 1.54) is 12.0 Å². The van der Waals surface area contributed by atoms with E-state index in [1.807, 2.05) is 18.9 Å². The summed E-state index contributed by atoms with van der Waals surface area (Å²) in [4.78, 5) is 14.0. The number of carbonyl (C=O) groups is 1. The largest absolute Gasteiger partial charge is 0.381 e.